The van der Waals surface area contributed by atoms with E-state index in [0.717, 1.165) is 22.3 Å². The van der Waals surface area contributed by atoms with Crippen LogP contribution in [0.1, 0.15) is 101 Å². The highest BCUT2D eigenvalue weighted by molar-refractivity contribution is 6.00. The first-order chi connectivity index (χ1) is 14.7. The molecular formula is C28H36O4. The fourth-order valence-electron chi connectivity index (χ4n) is 4.11. The molecule has 0 bridgehead atoms. The number of fused-ring (bicyclic) bond motifs is 1. The smallest absolute Gasteiger partial charge is 0.170 e. The Balaban J connectivity index is 2.15. The second kappa shape index (κ2) is 8.31. The van der Waals surface area contributed by atoms with Gasteiger partial charge < -0.3 is 14.9 Å². The summed E-state index contributed by atoms with van der Waals surface area (Å²) in [6.07, 6.45) is 2.25. The van der Waals surface area contributed by atoms with Crippen LogP contribution in [0.25, 0.3) is 0 Å². The van der Waals surface area contributed by atoms with Gasteiger partial charge in [0.05, 0.1) is 12.0 Å². The van der Waals surface area contributed by atoms with Gasteiger partial charge in [-0.05, 0) is 72.1 Å². The molecule has 0 saturated heterocycles. The lowest BCUT2D eigenvalue weighted by atomic mass is 9.77. The number of hydrogen-bond donors (Lipinski definition) is 2. The molecule has 1 aliphatic rings. The summed E-state index contributed by atoms with van der Waals surface area (Å²) in [5.41, 5.74) is 4.27. The first-order valence-corrected chi connectivity index (χ1v) is 11.3. The lowest BCUT2D eigenvalue weighted by molar-refractivity contribution is 0.0847. The summed E-state index contributed by atoms with van der Waals surface area (Å²) in [4.78, 5) is 13.1. The number of ether oxygens (including phenoxy) is 1. The van der Waals surface area contributed by atoms with Gasteiger partial charge in [-0.2, -0.15) is 0 Å². The molecule has 4 nitrogen and oxygen atoms in total. The normalized spacial score (nSPS) is 16.4. The largest absolute Gasteiger partial charge is 0.508 e. The number of phenolic OH excluding ortho intramolecular Hbond substituents is 2. The van der Waals surface area contributed by atoms with Crippen molar-refractivity contribution in [1.29, 1.82) is 0 Å². The monoisotopic (exact) mass is 436 g/mol. The SMILES string of the molecule is CC(C)=CCc1c(O)ccc2c1OC(c1cc(C(C)(C)C)c(O)c(C(C)(C)C)c1)CC2=O. The summed E-state index contributed by atoms with van der Waals surface area (Å²) in [6.45, 7) is 16.4. The summed E-state index contributed by atoms with van der Waals surface area (Å²) in [5, 5.41) is 21.6. The molecule has 2 aromatic rings. The molecule has 1 atom stereocenters. The van der Waals surface area contributed by atoms with Gasteiger partial charge in [0.1, 0.15) is 23.4 Å². The maximum atomic E-state index is 13.1. The van der Waals surface area contributed by atoms with Gasteiger partial charge in [-0.3, -0.25) is 4.79 Å². The van der Waals surface area contributed by atoms with Gasteiger partial charge in [-0.25, -0.2) is 0 Å². The molecule has 1 heterocycles. The Hall–Kier alpha value is -2.75. The topological polar surface area (TPSA) is 66.8 Å². The number of hydrogen-bond acceptors (Lipinski definition) is 4. The predicted molar refractivity (Wildman–Crippen MR) is 129 cm³/mol. The van der Waals surface area contributed by atoms with Gasteiger partial charge in [0.25, 0.3) is 0 Å². The van der Waals surface area contributed by atoms with E-state index < -0.39 is 6.10 Å². The average molecular weight is 437 g/mol. The second-order valence-electron chi connectivity index (χ2n) is 11.1. The molecule has 32 heavy (non-hydrogen) atoms. The molecule has 1 aliphatic heterocycles. The van der Waals surface area contributed by atoms with Gasteiger partial charge in [0, 0.05) is 5.56 Å². The van der Waals surface area contributed by atoms with E-state index in [4.69, 9.17) is 4.74 Å². The number of aromatic hydroxyl groups is 2. The van der Waals surface area contributed by atoms with Crippen LogP contribution in [0.2, 0.25) is 0 Å². The molecule has 0 fully saturated rings. The zero-order chi connectivity index (χ0) is 24.0. The summed E-state index contributed by atoms with van der Waals surface area (Å²) in [7, 11) is 0. The van der Waals surface area contributed by atoms with Gasteiger partial charge in [-0.15, -0.1) is 0 Å². The van der Waals surface area contributed by atoms with Crippen LogP contribution < -0.4 is 4.74 Å². The molecule has 0 aromatic heterocycles. The third kappa shape index (κ3) is 4.69. The Morgan fingerprint density at radius 2 is 1.59 bits per heavy atom. The van der Waals surface area contributed by atoms with E-state index in [2.05, 4.69) is 41.5 Å². The Labute approximate surface area is 191 Å². The number of Topliss-reactive ketones (excluding diaryl/α,β-unsaturated/α-hetero) is 1. The number of rotatable bonds is 3. The van der Waals surface area contributed by atoms with Gasteiger partial charge >= 0.3 is 0 Å². The van der Waals surface area contributed by atoms with Crippen molar-refractivity contribution in [2.24, 2.45) is 0 Å². The third-order valence-electron chi connectivity index (χ3n) is 6.00. The Kier molecular flexibility index (Phi) is 6.21. The van der Waals surface area contributed by atoms with E-state index in [1.165, 1.54) is 0 Å². The van der Waals surface area contributed by atoms with Crippen LogP contribution in [0, 0.1) is 0 Å². The predicted octanol–water partition coefficient (Wildman–Crippen LogP) is 6.91. The van der Waals surface area contributed by atoms with Crippen LogP contribution in [0.4, 0.5) is 0 Å². The number of carbonyl (C=O) groups excluding carboxylic acids is 1. The highest BCUT2D eigenvalue weighted by Crippen LogP contribution is 2.45. The lowest BCUT2D eigenvalue weighted by Gasteiger charge is -2.32. The van der Waals surface area contributed by atoms with Gasteiger partial charge in [0.15, 0.2) is 5.78 Å². The van der Waals surface area contributed by atoms with Gasteiger partial charge in [0.2, 0.25) is 0 Å². The van der Waals surface area contributed by atoms with E-state index in [1.54, 1.807) is 12.1 Å². The van der Waals surface area contributed by atoms with Crippen molar-refractivity contribution >= 4 is 5.78 Å². The van der Waals surface area contributed by atoms with Crippen molar-refractivity contribution in [3.8, 4) is 17.2 Å². The molecule has 0 amide bonds. The highest BCUT2D eigenvalue weighted by atomic mass is 16.5. The Morgan fingerprint density at radius 3 is 2.09 bits per heavy atom. The maximum Gasteiger partial charge on any atom is 0.170 e. The first-order valence-electron chi connectivity index (χ1n) is 11.3. The van der Waals surface area contributed by atoms with Crippen molar-refractivity contribution in [2.75, 3.05) is 0 Å². The zero-order valence-corrected chi connectivity index (χ0v) is 20.6. The molecule has 2 N–H and O–H groups in total. The highest BCUT2D eigenvalue weighted by Gasteiger charge is 2.33. The first kappa shape index (κ1) is 23.9. The number of allylic oxidation sites excluding steroid dienone is 2. The minimum absolute atomic E-state index is 0.00241. The molecular weight excluding hydrogens is 400 g/mol. The molecule has 0 radical (unpaired) electrons. The van der Waals surface area contributed by atoms with Crippen LogP contribution in [0.15, 0.2) is 35.9 Å². The number of phenols is 2. The third-order valence-corrected chi connectivity index (χ3v) is 6.00. The van der Waals surface area contributed by atoms with Crippen molar-refractivity contribution < 1.29 is 19.7 Å². The van der Waals surface area contributed by atoms with Crippen LogP contribution in [0.3, 0.4) is 0 Å². The fraction of sp³-hybridized carbons (Fsp3) is 0.464. The quantitative estimate of drug-likeness (QED) is 0.513. The minimum Gasteiger partial charge on any atom is -0.508 e. The van der Waals surface area contributed by atoms with E-state index in [1.807, 2.05) is 32.1 Å². The van der Waals surface area contributed by atoms with Gasteiger partial charge in [-0.1, -0.05) is 53.2 Å². The van der Waals surface area contributed by atoms with Crippen LogP contribution in [-0.2, 0) is 17.3 Å². The average Bonchev–Trinajstić information content (AvgIpc) is 2.65. The summed E-state index contributed by atoms with van der Waals surface area (Å²) < 4.78 is 6.42. The summed E-state index contributed by atoms with van der Waals surface area (Å²) in [6, 6.07) is 7.15. The molecule has 2 aromatic carbocycles. The van der Waals surface area contributed by atoms with E-state index in [-0.39, 0.29) is 28.8 Å². The molecule has 4 heteroatoms. The summed E-state index contributed by atoms with van der Waals surface area (Å²) >= 11 is 0. The zero-order valence-electron chi connectivity index (χ0n) is 20.6. The molecule has 0 saturated carbocycles. The number of carbonyl (C=O) groups is 1. The standard InChI is InChI=1S/C28H36O4/c1-16(2)9-10-18-22(29)12-11-19-23(30)15-24(32-26(18)19)17-13-20(27(3,4)5)25(31)21(14-17)28(6,7)8/h9,11-14,24,29,31H,10,15H2,1-8H3. The van der Waals surface area contributed by atoms with E-state index in [9.17, 15) is 15.0 Å². The Morgan fingerprint density at radius 1 is 1.03 bits per heavy atom. The van der Waals surface area contributed by atoms with E-state index >= 15 is 0 Å². The lowest BCUT2D eigenvalue weighted by Crippen LogP contribution is -2.24. The second-order valence-corrected chi connectivity index (χ2v) is 11.1. The van der Waals surface area contributed by atoms with Crippen molar-refractivity contribution in [3.05, 3.63) is 63.7 Å². The van der Waals surface area contributed by atoms with E-state index in [0.29, 0.717) is 29.0 Å². The number of ketones is 1. The fourth-order valence-corrected chi connectivity index (χ4v) is 4.11. The minimum atomic E-state index is -0.481. The van der Waals surface area contributed by atoms with Crippen LogP contribution >= 0.6 is 0 Å². The maximum absolute atomic E-state index is 13.1. The molecule has 0 aliphatic carbocycles. The molecule has 1 unspecified atom stereocenters. The van der Waals surface area contributed by atoms with Crippen molar-refractivity contribution in [3.63, 3.8) is 0 Å². The summed E-state index contributed by atoms with van der Waals surface area (Å²) in [5.74, 6) is 0.896. The van der Waals surface area contributed by atoms with Crippen LogP contribution in [0.5, 0.6) is 17.2 Å². The molecule has 0 spiro atoms. The Bertz CT molecular complexity index is 1040. The van der Waals surface area contributed by atoms with Crippen LogP contribution in [-0.4, -0.2) is 16.0 Å². The molecule has 3 rings (SSSR count). The molecule has 172 valence electrons. The number of benzene rings is 2. The van der Waals surface area contributed by atoms with Crippen molar-refractivity contribution in [1.82, 2.24) is 0 Å². The van der Waals surface area contributed by atoms with Crippen molar-refractivity contribution in [2.45, 2.75) is 85.2 Å².